The smallest absolute Gasteiger partial charge is 0.358 e. The number of aromatic nitrogens is 1. The molecule has 0 spiro atoms. The van der Waals surface area contributed by atoms with Gasteiger partial charge in [0.25, 0.3) is 6.43 Å². The molecule has 0 fully saturated rings. The van der Waals surface area contributed by atoms with Crippen LogP contribution in [0.25, 0.3) is 0 Å². The molecular formula is C7H5F3N2O2. The highest BCUT2D eigenvalue weighted by molar-refractivity contribution is 5.34. The van der Waals surface area contributed by atoms with Crippen molar-refractivity contribution in [2.24, 2.45) is 0 Å². The van der Waals surface area contributed by atoms with E-state index in [1.165, 1.54) is 0 Å². The standard InChI is InChI=1S/C7H5F3N2O2/c8-3-4-1-2-5(6(9)10)7(11-4)12(13)14/h1-2,6H,3H2. The number of pyridine rings is 1. The molecule has 0 atom stereocenters. The molecule has 0 aromatic carbocycles. The van der Waals surface area contributed by atoms with E-state index < -0.39 is 29.4 Å². The molecule has 0 saturated carbocycles. The van der Waals surface area contributed by atoms with Crippen LogP contribution in [-0.2, 0) is 6.67 Å². The molecule has 1 rings (SSSR count). The van der Waals surface area contributed by atoms with Gasteiger partial charge in [-0.1, -0.05) is 0 Å². The van der Waals surface area contributed by atoms with Gasteiger partial charge in [-0.2, -0.15) is 0 Å². The van der Waals surface area contributed by atoms with Gasteiger partial charge in [0.2, 0.25) is 0 Å². The van der Waals surface area contributed by atoms with Crippen LogP contribution in [0.4, 0.5) is 19.0 Å². The first kappa shape index (κ1) is 10.4. The predicted octanol–water partition coefficient (Wildman–Crippen LogP) is 2.40. The highest BCUT2D eigenvalue weighted by atomic mass is 19.3. The van der Waals surface area contributed by atoms with Gasteiger partial charge < -0.3 is 10.1 Å². The van der Waals surface area contributed by atoms with Crippen LogP contribution in [0.1, 0.15) is 17.7 Å². The lowest BCUT2D eigenvalue weighted by molar-refractivity contribution is -0.391. The van der Waals surface area contributed by atoms with Crippen molar-refractivity contribution in [3.05, 3.63) is 33.5 Å². The second-order valence-corrected chi connectivity index (χ2v) is 2.41. The van der Waals surface area contributed by atoms with Crippen molar-refractivity contribution < 1.29 is 18.1 Å². The average Bonchev–Trinajstić information content (AvgIpc) is 2.16. The maximum atomic E-state index is 12.2. The lowest BCUT2D eigenvalue weighted by Crippen LogP contribution is -2.01. The zero-order valence-corrected chi connectivity index (χ0v) is 6.78. The zero-order chi connectivity index (χ0) is 10.7. The Balaban J connectivity index is 3.24. The molecule has 0 aliphatic carbocycles. The zero-order valence-electron chi connectivity index (χ0n) is 6.78. The van der Waals surface area contributed by atoms with Crippen LogP contribution < -0.4 is 0 Å². The lowest BCUT2D eigenvalue weighted by atomic mass is 10.2. The van der Waals surface area contributed by atoms with Crippen LogP contribution in [0.2, 0.25) is 0 Å². The van der Waals surface area contributed by atoms with E-state index in [4.69, 9.17) is 0 Å². The fraction of sp³-hybridized carbons (Fsp3) is 0.286. The number of nitrogens with zero attached hydrogens (tertiary/aromatic N) is 2. The van der Waals surface area contributed by atoms with E-state index in [-0.39, 0.29) is 5.69 Å². The first-order chi connectivity index (χ1) is 6.56. The van der Waals surface area contributed by atoms with Crippen LogP contribution in [-0.4, -0.2) is 9.91 Å². The van der Waals surface area contributed by atoms with Crippen LogP contribution in [0, 0.1) is 10.1 Å². The summed E-state index contributed by atoms with van der Waals surface area (Å²) in [6.07, 6.45) is -2.99. The summed E-state index contributed by atoms with van der Waals surface area (Å²) in [6, 6.07) is 1.80. The summed E-state index contributed by atoms with van der Waals surface area (Å²) in [7, 11) is 0. The number of rotatable bonds is 3. The van der Waals surface area contributed by atoms with Crippen molar-refractivity contribution in [3.63, 3.8) is 0 Å². The van der Waals surface area contributed by atoms with Crippen LogP contribution in [0.15, 0.2) is 12.1 Å². The van der Waals surface area contributed by atoms with Crippen molar-refractivity contribution in [2.45, 2.75) is 13.1 Å². The van der Waals surface area contributed by atoms with Gasteiger partial charge >= 0.3 is 5.82 Å². The van der Waals surface area contributed by atoms with Crippen molar-refractivity contribution >= 4 is 5.82 Å². The van der Waals surface area contributed by atoms with E-state index >= 15 is 0 Å². The molecule has 0 unspecified atom stereocenters. The second-order valence-electron chi connectivity index (χ2n) is 2.41. The van der Waals surface area contributed by atoms with E-state index in [0.29, 0.717) is 0 Å². The minimum absolute atomic E-state index is 0.235. The van der Waals surface area contributed by atoms with E-state index in [2.05, 4.69) is 4.98 Å². The molecule has 14 heavy (non-hydrogen) atoms. The average molecular weight is 206 g/mol. The molecule has 7 heteroatoms. The normalized spacial score (nSPS) is 10.6. The third-order valence-corrected chi connectivity index (χ3v) is 1.51. The van der Waals surface area contributed by atoms with E-state index in [1.54, 1.807) is 0 Å². The Hall–Kier alpha value is -1.66. The van der Waals surface area contributed by atoms with Gasteiger partial charge in [0.05, 0.1) is 0 Å². The molecule has 4 nitrogen and oxygen atoms in total. The third kappa shape index (κ3) is 1.98. The van der Waals surface area contributed by atoms with Gasteiger partial charge in [-0.3, -0.25) is 0 Å². The van der Waals surface area contributed by atoms with Gasteiger partial charge in [-0.25, -0.2) is 13.2 Å². The number of hydrogen-bond donors (Lipinski definition) is 0. The monoisotopic (exact) mass is 206 g/mol. The van der Waals surface area contributed by atoms with Gasteiger partial charge in [0.15, 0.2) is 12.4 Å². The summed E-state index contributed by atoms with van der Waals surface area (Å²) in [5.74, 6) is -0.991. The summed E-state index contributed by atoms with van der Waals surface area (Å²) < 4.78 is 36.4. The highest BCUT2D eigenvalue weighted by Gasteiger charge is 2.23. The fourth-order valence-electron chi connectivity index (χ4n) is 0.889. The molecule has 0 radical (unpaired) electrons. The van der Waals surface area contributed by atoms with Crippen LogP contribution in [0.3, 0.4) is 0 Å². The van der Waals surface area contributed by atoms with E-state index in [0.717, 1.165) is 12.1 Å². The van der Waals surface area contributed by atoms with Crippen molar-refractivity contribution in [2.75, 3.05) is 0 Å². The van der Waals surface area contributed by atoms with Gasteiger partial charge in [-0.05, 0) is 22.0 Å². The number of alkyl halides is 3. The summed E-state index contributed by atoms with van der Waals surface area (Å²) in [5.41, 5.74) is -1.03. The summed E-state index contributed by atoms with van der Waals surface area (Å²) in [5, 5.41) is 10.3. The van der Waals surface area contributed by atoms with Crippen molar-refractivity contribution in [1.82, 2.24) is 4.98 Å². The first-order valence-electron chi connectivity index (χ1n) is 3.54. The summed E-state index contributed by atoms with van der Waals surface area (Å²) in [6.45, 7) is -1.02. The molecule has 0 saturated heterocycles. The Morgan fingerprint density at radius 1 is 1.50 bits per heavy atom. The molecule has 0 N–H and O–H groups in total. The Bertz CT molecular complexity index is 357. The second kappa shape index (κ2) is 4.03. The largest absolute Gasteiger partial charge is 0.372 e. The minimum Gasteiger partial charge on any atom is -0.358 e. The topological polar surface area (TPSA) is 56.0 Å². The number of halogens is 3. The molecule has 1 heterocycles. The quantitative estimate of drug-likeness (QED) is 0.563. The summed E-state index contributed by atoms with van der Waals surface area (Å²) in [4.78, 5) is 12.4. The van der Waals surface area contributed by atoms with Crippen molar-refractivity contribution in [1.29, 1.82) is 0 Å². The molecule has 1 aromatic heterocycles. The first-order valence-corrected chi connectivity index (χ1v) is 3.54. The Morgan fingerprint density at radius 3 is 2.57 bits per heavy atom. The molecule has 0 bridgehead atoms. The highest BCUT2D eigenvalue weighted by Crippen LogP contribution is 2.27. The molecular weight excluding hydrogens is 201 g/mol. The van der Waals surface area contributed by atoms with Gasteiger partial charge in [0.1, 0.15) is 5.56 Å². The Morgan fingerprint density at radius 2 is 2.14 bits per heavy atom. The van der Waals surface area contributed by atoms with Crippen molar-refractivity contribution in [3.8, 4) is 0 Å². The summed E-state index contributed by atoms with van der Waals surface area (Å²) >= 11 is 0. The van der Waals surface area contributed by atoms with Crippen LogP contribution in [0.5, 0.6) is 0 Å². The van der Waals surface area contributed by atoms with E-state index in [9.17, 15) is 23.3 Å². The minimum atomic E-state index is -2.99. The Labute approximate surface area is 76.5 Å². The van der Waals surface area contributed by atoms with Crippen LogP contribution >= 0.6 is 0 Å². The predicted molar refractivity (Wildman–Crippen MR) is 40.7 cm³/mol. The molecule has 1 aromatic rings. The maximum absolute atomic E-state index is 12.2. The molecule has 0 aliphatic heterocycles. The van der Waals surface area contributed by atoms with Gasteiger partial charge in [0, 0.05) is 0 Å². The molecule has 0 aliphatic rings. The van der Waals surface area contributed by atoms with E-state index in [1.807, 2.05) is 0 Å². The molecule has 76 valence electrons. The van der Waals surface area contributed by atoms with Gasteiger partial charge in [-0.15, -0.1) is 0 Å². The number of nitro groups is 1. The Kier molecular flexibility index (Phi) is 3.00. The lowest BCUT2D eigenvalue weighted by Gasteiger charge is -2.00. The number of hydrogen-bond acceptors (Lipinski definition) is 3. The third-order valence-electron chi connectivity index (χ3n) is 1.51. The molecule has 0 amide bonds. The SMILES string of the molecule is O=[N+]([O-])c1nc(CF)ccc1C(F)F. The fourth-order valence-corrected chi connectivity index (χ4v) is 0.889. The maximum Gasteiger partial charge on any atom is 0.372 e.